The first-order valence-corrected chi connectivity index (χ1v) is 7.05. The number of benzene rings is 1. The lowest BCUT2D eigenvalue weighted by Gasteiger charge is -2.06. The Morgan fingerprint density at radius 2 is 1.68 bits per heavy atom. The molecule has 0 aromatic heterocycles. The Morgan fingerprint density at radius 3 is 2.27 bits per heavy atom. The van der Waals surface area contributed by atoms with E-state index in [1.165, 1.54) is 12.1 Å². The Bertz CT molecular complexity index is 480. The smallest absolute Gasteiger partial charge is 0.365 e. The van der Waals surface area contributed by atoms with Crippen LogP contribution in [0.15, 0.2) is 36.9 Å². The highest BCUT2D eigenvalue weighted by Gasteiger charge is 2.02. The van der Waals surface area contributed by atoms with Crippen LogP contribution in [0.5, 0.6) is 5.75 Å². The molecule has 0 spiro atoms. The van der Waals surface area contributed by atoms with E-state index in [0.29, 0.717) is 19.0 Å². The molecule has 0 heterocycles. The van der Waals surface area contributed by atoms with Gasteiger partial charge in [0.1, 0.15) is 5.75 Å². The van der Waals surface area contributed by atoms with Crippen LogP contribution in [0.2, 0.25) is 0 Å². The van der Waals surface area contributed by atoms with Gasteiger partial charge in [-0.3, -0.25) is 4.89 Å². The van der Waals surface area contributed by atoms with Crippen molar-refractivity contribution < 1.29 is 29.2 Å². The highest BCUT2D eigenvalue weighted by Crippen LogP contribution is 2.13. The van der Waals surface area contributed by atoms with Crippen LogP contribution in [0, 0.1) is 0 Å². The topological polar surface area (TPSA) is 82.1 Å². The third-order valence-corrected chi connectivity index (χ3v) is 2.80. The molecular formula is C16H20O6. The average Bonchev–Trinajstić information content (AvgIpc) is 2.53. The van der Waals surface area contributed by atoms with Crippen molar-refractivity contribution in [2.24, 2.45) is 0 Å². The molecule has 0 bridgehead atoms. The van der Waals surface area contributed by atoms with Gasteiger partial charge in [0.25, 0.3) is 0 Å². The molecule has 120 valence electrons. The molecule has 22 heavy (non-hydrogen) atoms. The molecule has 0 saturated carbocycles. The van der Waals surface area contributed by atoms with Gasteiger partial charge in [0, 0.05) is 6.08 Å². The maximum atomic E-state index is 10.7. The summed E-state index contributed by atoms with van der Waals surface area (Å²) in [5.41, 5.74) is 0.240. The van der Waals surface area contributed by atoms with Gasteiger partial charge < -0.3 is 9.84 Å². The summed E-state index contributed by atoms with van der Waals surface area (Å²) in [5.74, 6) is -0.889. The Hall–Kier alpha value is -2.34. The molecule has 1 rings (SSSR count). The maximum absolute atomic E-state index is 10.7. The molecule has 0 amide bonds. The van der Waals surface area contributed by atoms with Crippen LogP contribution in [0.3, 0.4) is 0 Å². The van der Waals surface area contributed by atoms with Crippen molar-refractivity contribution in [1.29, 1.82) is 0 Å². The monoisotopic (exact) mass is 308 g/mol. The number of carboxylic acids is 1. The second-order valence-corrected chi connectivity index (χ2v) is 4.52. The maximum Gasteiger partial charge on any atom is 0.365 e. The number of rotatable bonds is 11. The van der Waals surface area contributed by atoms with E-state index in [4.69, 9.17) is 14.7 Å². The zero-order valence-corrected chi connectivity index (χ0v) is 12.3. The Balaban J connectivity index is 2.00. The Morgan fingerprint density at radius 1 is 1.05 bits per heavy atom. The van der Waals surface area contributed by atoms with Gasteiger partial charge >= 0.3 is 11.9 Å². The van der Waals surface area contributed by atoms with E-state index >= 15 is 0 Å². The Labute approximate surface area is 129 Å². The summed E-state index contributed by atoms with van der Waals surface area (Å²) in [7, 11) is 0. The van der Waals surface area contributed by atoms with Crippen LogP contribution < -0.4 is 4.74 Å². The van der Waals surface area contributed by atoms with Gasteiger partial charge in [0.2, 0.25) is 0 Å². The summed E-state index contributed by atoms with van der Waals surface area (Å²) in [5, 5.41) is 8.77. The average molecular weight is 308 g/mol. The highest BCUT2D eigenvalue weighted by atomic mass is 17.2. The number of unbranched alkanes of at least 4 members (excludes halogenated alkanes) is 3. The third kappa shape index (κ3) is 7.44. The first-order chi connectivity index (χ1) is 10.6. The van der Waals surface area contributed by atoms with Crippen molar-refractivity contribution in [2.75, 3.05) is 13.2 Å². The van der Waals surface area contributed by atoms with E-state index in [0.717, 1.165) is 31.8 Å². The number of carbonyl (C=O) groups excluding carboxylic acids is 1. The molecule has 0 aliphatic carbocycles. The van der Waals surface area contributed by atoms with Gasteiger partial charge in [-0.15, -0.1) is 0 Å². The van der Waals surface area contributed by atoms with E-state index in [1.807, 2.05) is 0 Å². The molecule has 0 aliphatic heterocycles. The predicted octanol–water partition coefficient (Wildman–Crippen LogP) is 2.98. The molecule has 0 unspecified atom stereocenters. The standard InChI is InChI=1S/C16H20O6/c1-2-15(17)22-21-12-6-4-3-5-11-20-14-9-7-13(8-10-14)16(18)19/h2,7-10H,1,3-6,11-12H2,(H,18,19). The van der Waals surface area contributed by atoms with Crippen molar-refractivity contribution in [1.82, 2.24) is 0 Å². The van der Waals surface area contributed by atoms with E-state index < -0.39 is 11.9 Å². The SMILES string of the molecule is C=CC(=O)OOCCCCCCOc1ccc(C(=O)O)cc1. The normalized spacial score (nSPS) is 10.0. The molecule has 0 fully saturated rings. The molecule has 1 N–H and O–H groups in total. The second kappa shape index (κ2) is 10.4. The van der Waals surface area contributed by atoms with Gasteiger partial charge in [-0.1, -0.05) is 13.0 Å². The summed E-state index contributed by atoms with van der Waals surface area (Å²) < 4.78 is 5.51. The van der Waals surface area contributed by atoms with E-state index in [9.17, 15) is 9.59 Å². The fraction of sp³-hybridized carbons (Fsp3) is 0.375. The van der Waals surface area contributed by atoms with Crippen LogP contribution in [0.4, 0.5) is 0 Å². The molecule has 6 heteroatoms. The van der Waals surface area contributed by atoms with Crippen LogP contribution in [0.25, 0.3) is 0 Å². The minimum atomic E-state index is -0.951. The fourth-order valence-electron chi connectivity index (χ4n) is 1.63. The number of aromatic carboxylic acids is 1. The molecule has 0 radical (unpaired) electrons. The molecular weight excluding hydrogens is 288 g/mol. The first-order valence-electron chi connectivity index (χ1n) is 7.05. The molecule has 0 saturated heterocycles. The van der Waals surface area contributed by atoms with Crippen molar-refractivity contribution in [2.45, 2.75) is 25.7 Å². The summed E-state index contributed by atoms with van der Waals surface area (Å²) in [6.45, 7) is 4.18. The van der Waals surface area contributed by atoms with Crippen molar-refractivity contribution in [3.05, 3.63) is 42.5 Å². The molecule has 6 nitrogen and oxygen atoms in total. The summed E-state index contributed by atoms with van der Waals surface area (Å²) in [6, 6.07) is 6.32. The third-order valence-electron chi connectivity index (χ3n) is 2.80. The summed E-state index contributed by atoms with van der Waals surface area (Å²) in [4.78, 5) is 30.4. The lowest BCUT2D eigenvalue weighted by Crippen LogP contribution is -2.03. The van der Waals surface area contributed by atoms with Crippen LogP contribution in [-0.4, -0.2) is 30.3 Å². The summed E-state index contributed by atoms with van der Waals surface area (Å²) in [6.07, 6.45) is 4.62. The van der Waals surface area contributed by atoms with E-state index in [2.05, 4.69) is 11.5 Å². The number of hydrogen-bond donors (Lipinski definition) is 1. The van der Waals surface area contributed by atoms with Crippen molar-refractivity contribution in [3.63, 3.8) is 0 Å². The molecule has 0 atom stereocenters. The lowest BCUT2D eigenvalue weighted by atomic mass is 10.2. The molecule has 0 aliphatic rings. The van der Waals surface area contributed by atoms with Crippen LogP contribution >= 0.6 is 0 Å². The number of ether oxygens (including phenoxy) is 1. The second-order valence-electron chi connectivity index (χ2n) is 4.52. The molecule has 1 aromatic carbocycles. The van der Waals surface area contributed by atoms with E-state index in [-0.39, 0.29) is 5.56 Å². The predicted molar refractivity (Wildman–Crippen MR) is 79.6 cm³/mol. The quantitative estimate of drug-likeness (QED) is 0.293. The number of carbonyl (C=O) groups is 2. The highest BCUT2D eigenvalue weighted by molar-refractivity contribution is 5.87. The van der Waals surface area contributed by atoms with Crippen molar-refractivity contribution >= 4 is 11.9 Å². The minimum absolute atomic E-state index is 0.240. The van der Waals surface area contributed by atoms with Gasteiger partial charge in [-0.25, -0.2) is 9.59 Å². The van der Waals surface area contributed by atoms with E-state index in [1.54, 1.807) is 12.1 Å². The Kier molecular flexibility index (Phi) is 8.37. The zero-order valence-electron chi connectivity index (χ0n) is 12.3. The van der Waals surface area contributed by atoms with Gasteiger partial charge in [-0.05, 0) is 43.5 Å². The lowest BCUT2D eigenvalue weighted by molar-refractivity contribution is -0.267. The van der Waals surface area contributed by atoms with Crippen molar-refractivity contribution in [3.8, 4) is 5.75 Å². The van der Waals surface area contributed by atoms with Gasteiger partial charge in [0.05, 0.1) is 18.8 Å². The summed E-state index contributed by atoms with van der Waals surface area (Å²) >= 11 is 0. The minimum Gasteiger partial charge on any atom is -0.494 e. The van der Waals surface area contributed by atoms with Crippen LogP contribution in [0.1, 0.15) is 36.0 Å². The number of hydrogen-bond acceptors (Lipinski definition) is 5. The number of carboxylic acid groups (broad SMARTS) is 1. The fourth-order valence-corrected chi connectivity index (χ4v) is 1.63. The first kappa shape index (κ1) is 17.7. The zero-order chi connectivity index (χ0) is 16.2. The molecule has 1 aromatic rings. The van der Waals surface area contributed by atoms with Gasteiger partial charge in [0.15, 0.2) is 0 Å². The van der Waals surface area contributed by atoms with Crippen LogP contribution in [-0.2, 0) is 14.6 Å². The largest absolute Gasteiger partial charge is 0.494 e. The van der Waals surface area contributed by atoms with Gasteiger partial charge in [-0.2, -0.15) is 4.89 Å².